The van der Waals surface area contributed by atoms with Crippen LogP contribution < -0.4 is 0 Å². The Morgan fingerprint density at radius 2 is 1.89 bits per heavy atom. The molecule has 4 rings (SSSR count). The second kappa shape index (κ2) is 7.54. The van der Waals surface area contributed by atoms with E-state index in [1.807, 2.05) is 29.0 Å². The van der Waals surface area contributed by atoms with Crippen molar-refractivity contribution in [1.82, 2.24) is 9.80 Å². The van der Waals surface area contributed by atoms with Gasteiger partial charge in [0, 0.05) is 19.6 Å². The summed E-state index contributed by atoms with van der Waals surface area (Å²) in [7, 11) is 0. The molecule has 2 aromatic rings. The quantitative estimate of drug-likeness (QED) is 0.739. The summed E-state index contributed by atoms with van der Waals surface area (Å²) in [6, 6.07) is 3.55. The van der Waals surface area contributed by atoms with E-state index in [-0.39, 0.29) is 11.8 Å². The van der Waals surface area contributed by atoms with Gasteiger partial charge in [-0.3, -0.25) is 9.59 Å². The van der Waals surface area contributed by atoms with Crippen LogP contribution in [0.4, 0.5) is 0 Å². The molecule has 2 aromatic heterocycles. The van der Waals surface area contributed by atoms with Gasteiger partial charge in [-0.15, -0.1) is 11.3 Å². The highest BCUT2D eigenvalue weighted by atomic mass is 35.5. The van der Waals surface area contributed by atoms with Crippen LogP contribution in [0.15, 0.2) is 21.9 Å². The fraction of sp³-hybridized carbons (Fsp3) is 0.500. The van der Waals surface area contributed by atoms with Crippen LogP contribution in [0.2, 0.25) is 5.02 Å². The summed E-state index contributed by atoms with van der Waals surface area (Å²) in [4.78, 5) is 29.9. The van der Waals surface area contributed by atoms with Gasteiger partial charge in [0.25, 0.3) is 11.8 Å². The number of likely N-dealkylation sites (tertiary alicyclic amines) is 1. The zero-order valence-electron chi connectivity index (χ0n) is 16.0. The topological polar surface area (TPSA) is 63.0 Å². The molecule has 2 amide bonds. The minimum atomic E-state index is -0.392. The Kier molecular flexibility index (Phi) is 5.24. The maximum atomic E-state index is 13.0. The first-order chi connectivity index (χ1) is 13.4. The third kappa shape index (κ3) is 3.58. The number of morpholine rings is 1. The summed E-state index contributed by atoms with van der Waals surface area (Å²) < 4.78 is 11.6. The lowest BCUT2D eigenvalue weighted by molar-refractivity contribution is -0.123. The zero-order valence-corrected chi connectivity index (χ0v) is 17.6. The number of aryl methyl sites for hydroxylation is 2. The van der Waals surface area contributed by atoms with E-state index in [0.29, 0.717) is 66.9 Å². The number of hydrogen-bond donors (Lipinski definition) is 0. The van der Waals surface area contributed by atoms with E-state index in [1.54, 1.807) is 12.1 Å². The van der Waals surface area contributed by atoms with Crippen LogP contribution in [0.5, 0.6) is 0 Å². The van der Waals surface area contributed by atoms with E-state index in [0.717, 1.165) is 5.76 Å². The number of nitrogens with zero attached hydrogens (tertiary/aromatic N) is 2. The molecule has 1 spiro atoms. The average molecular weight is 423 g/mol. The summed E-state index contributed by atoms with van der Waals surface area (Å²) >= 11 is 7.48. The number of thiophene rings is 1. The predicted molar refractivity (Wildman–Crippen MR) is 107 cm³/mol. The van der Waals surface area contributed by atoms with Crippen molar-refractivity contribution < 1.29 is 18.7 Å². The Bertz CT molecular complexity index is 898. The lowest BCUT2D eigenvalue weighted by Crippen LogP contribution is -2.58. The highest BCUT2D eigenvalue weighted by Gasteiger charge is 2.42. The Labute approximate surface area is 173 Å². The minimum absolute atomic E-state index is 0.0131. The molecule has 0 N–H and O–H groups in total. The van der Waals surface area contributed by atoms with Crippen molar-refractivity contribution in [2.45, 2.75) is 32.3 Å². The van der Waals surface area contributed by atoms with E-state index >= 15 is 0 Å². The summed E-state index contributed by atoms with van der Waals surface area (Å²) in [6.45, 7) is 6.46. The fourth-order valence-corrected chi connectivity index (χ4v) is 5.14. The van der Waals surface area contributed by atoms with Crippen LogP contribution in [0.25, 0.3) is 0 Å². The summed E-state index contributed by atoms with van der Waals surface area (Å²) in [6.07, 6.45) is 1.41. The van der Waals surface area contributed by atoms with E-state index in [1.165, 1.54) is 11.3 Å². The van der Waals surface area contributed by atoms with Gasteiger partial charge in [0.2, 0.25) is 0 Å². The third-order valence-electron chi connectivity index (χ3n) is 5.58. The molecular formula is C20H23ClN2O4S. The van der Waals surface area contributed by atoms with Crippen LogP contribution in [0.3, 0.4) is 0 Å². The van der Waals surface area contributed by atoms with Crippen LogP contribution in [-0.2, 0) is 4.74 Å². The summed E-state index contributed by atoms with van der Waals surface area (Å²) in [5, 5.41) is 2.33. The molecule has 2 aliphatic heterocycles. The fourth-order valence-electron chi connectivity index (χ4n) is 4.04. The predicted octanol–water partition coefficient (Wildman–Crippen LogP) is 3.76. The van der Waals surface area contributed by atoms with Gasteiger partial charge >= 0.3 is 0 Å². The molecule has 0 aromatic carbocycles. The largest absolute Gasteiger partial charge is 0.466 e. The molecule has 2 saturated heterocycles. The van der Waals surface area contributed by atoms with Gasteiger partial charge in [0.1, 0.15) is 16.4 Å². The SMILES string of the molecule is Cc1cc(C(=O)N2CCOC3(CCN(C(=O)c4sccc4Cl)CC3)C2)c(C)o1. The number of carbonyl (C=O) groups is 2. The highest BCUT2D eigenvalue weighted by molar-refractivity contribution is 7.12. The van der Waals surface area contributed by atoms with Gasteiger partial charge in [-0.1, -0.05) is 11.6 Å². The number of hydrogen-bond acceptors (Lipinski definition) is 5. The summed E-state index contributed by atoms with van der Waals surface area (Å²) in [5.41, 5.74) is 0.228. The van der Waals surface area contributed by atoms with Crippen molar-refractivity contribution in [3.8, 4) is 0 Å². The number of ether oxygens (including phenoxy) is 1. The molecule has 4 heterocycles. The molecule has 6 nitrogen and oxygen atoms in total. The lowest BCUT2D eigenvalue weighted by Gasteiger charge is -2.47. The van der Waals surface area contributed by atoms with Gasteiger partial charge in [0.15, 0.2) is 0 Å². The molecule has 8 heteroatoms. The van der Waals surface area contributed by atoms with Gasteiger partial charge < -0.3 is 19.0 Å². The number of rotatable bonds is 2. The standard InChI is InChI=1S/C20H23ClN2O4S/c1-13-11-15(14(2)27-13)18(24)23-8-9-26-20(12-23)4-6-22(7-5-20)19(25)17-16(21)3-10-28-17/h3,10-11H,4-9,12H2,1-2H3. The van der Waals surface area contributed by atoms with E-state index in [4.69, 9.17) is 20.8 Å². The van der Waals surface area contributed by atoms with Crippen molar-refractivity contribution in [3.05, 3.63) is 44.5 Å². The molecule has 0 radical (unpaired) electrons. The highest BCUT2D eigenvalue weighted by Crippen LogP contribution is 2.33. The van der Waals surface area contributed by atoms with Crippen molar-refractivity contribution in [2.24, 2.45) is 0 Å². The molecule has 0 unspecified atom stereocenters. The Morgan fingerprint density at radius 3 is 2.50 bits per heavy atom. The second-order valence-electron chi connectivity index (χ2n) is 7.47. The molecule has 0 saturated carbocycles. The first kappa shape index (κ1) is 19.5. The van der Waals surface area contributed by atoms with Crippen LogP contribution >= 0.6 is 22.9 Å². The summed E-state index contributed by atoms with van der Waals surface area (Å²) in [5.74, 6) is 1.35. The molecule has 150 valence electrons. The van der Waals surface area contributed by atoms with Gasteiger partial charge in [0.05, 0.1) is 29.3 Å². The van der Waals surface area contributed by atoms with E-state index in [9.17, 15) is 9.59 Å². The normalized spacial score (nSPS) is 19.2. The number of amides is 2. The third-order valence-corrected chi connectivity index (χ3v) is 6.91. The Balaban J connectivity index is 1.42. The molecule has 0 bridgehead atoms. The molecule has 2 aliphatic rings. The maximum absolute atomic E-state index is 13.0. The number of furan rings is 1. The second-order valence-corrected chi connectivity index (χ2v) is 8.80. The first-order valence-corrected chi connectivity index (χ1v) is 10.7. The van der Waals surface area contributed by atoms with Crippen molar-refractivity contribution in [3.63, 3.8) is 0 Å². The van der Waals surface area contributed by atoms with Crippen molar-refractivity contribution >= 4 is 34.8 Å². The Hall–Kier alpha value is -1.83. The van der Waals surface area contributed by atoms with Gasteiger partial charge in [-0.05, 0) is 44.2 Å². The van der Waals surface area contributed by atoms with Gasteiger partial charge in [-0.2, -0.15) is 0 Å². The number of piperidine rings is 1. The molecule has 2 fully saturated rings. The van der Waals surface area contributed by atoms with Crippen LogP contribution in [-0.4, -0.2) is 60.0 Å². The van der Waals surface area contributed by atoms with Crippen molar-refractivity contribution in [1.29, 1.82) is 0 Å². The molecule has 0 aliphatic carbocycles. The average Bonchev–Trinajstić information content (AvgIpc) is 3.26. The molecule has 28 heavy (non-hydrogen) atoms. The monoisotopic (exact) mass is 422 g/mol. The molecule has 0 atom stereocenters. The zero-order chi connectivity index (χ0) is 19.9. The first-order valence-electron chi connectivity index (χ1n) is 9.41. The van der Waals surface area contributed by atoms with Gasteiger partial charge in [-0.25, -0.2) is 0 Å². The van der Waals surface area contributed by atoms with Crippen LogP contribution in [0.1, 0.15) is 44.4 Å². The lowest BCUT2D eigenvalue weighted by atomic mass is 9.89. The van der Waals surface area contributed by atoms with Crippen LogP contribution in [0, 0.1) is 13.8 Å². The Morgan fingerprint density at radius 1 is 1.14 bits per heavy atom. The van der Waals surface area contributed by atoms with E-state index in [2.05, 4.69) is 0 Å². The number of halogens is 1. The number of carbonyl (C=O) groups excluding carboxylic acids is 2. The smallest absolute Gasteiger partial charge is 0.265 e. The maximum Gasteiger partial charge on any atom is 0.265 e. The molecular weight excluding hydrogens is 400 g/mol. The minimum Gasteiger partial charge on any atom is -0.466 e. The van der Waals surface area contributed by atoms with E-state index < -0.39 is 5.60 Å². The van der Waals surface area contributed by atoms with Crippen molar-refractivity contribution in [2.75, 3.05) is 32.8 Å².